The molecule has 5 rings (SSSR count). The van der Waals surface area contributed by atoms with Gasteiger partial charge in [0.25, 0.3) is 0 Å². The van der Waals surface area contributed by atoms with E-state index in [2.05, 4.69) is 10.4 Å². The second-order valence-electron chi connectivity index (χ2n) is 9.59. The summed E-state index contributed by atoms with van der Waals surface area (Å²) in [6.07, 6.45) is 0. The summed E-state index contributed by atoms with van der Waals surface area (Å²) >= 11 is 0. The van der Waals surface area contributed by atoms with Gasteiger partial charge in [-0.15, -0.1) is 0 Å². The number of piperidine rings is 1. The third-order valence-electron chi connectivity index (χ3n) is 6.91. The van der Waals surface area contributed by atoms with E-state index in [1.165, 1.54) is 4.31 Å². The highest BCUT2D eigenvalue weighted by molar-refractivity contribution is 7.89. The average molecular weight is 453 g/mol. The molecule has 2 heterocycles. The number of nitrogens with zero attached hydrogens (tertiary/aromatic N) is 3. The van der Waals surface area contributed by atoms with Crippen molar-refractivity contribution in [2.75, 3.05) is 13.1 Å². The van der Waals surface area contributed by atoms with Gasteiger partial charge in [0.2, 0.25) is 15.9 Å². The fourth-order valence-corrected chi connectivity index (χ4v) is 6.57. The van der Waals surface area contributed by atoms with E-state index < -0.39 is 15.6 Å². The van der Waals surface area contributed by atoms with Crippen LogP contribution in [-0.2, 0) is 27.4 Å². The number of amides is 1. The van der Waals surface area contributed by atoms with Crippen molar-refractivity contribution in [1.29, 1.82) is 0 Å². The molecule has 3 aromatic rings. The van der Waals surface area contributed by atoms with Crippen LogP contribution in [0.2, 0.25) is 0 Å². The minimum atomic E-state index is -3.52. The minimum absolute atomic E-state index is 0.0212. The molecule has 2 aromatic carbocycles. The summed E-state index contributed by atoms with van der Waals surface area (Å²) in [7, 11) is -1.62. The van der Waals surface area contributed by atoms with Crippen LogP contribution in [-0.4, -0.2) is 41.5 Å². The maximum atomic E-state index is 13.1. The number of hydrogen-bond donors (Lipinski definition) is 1. The Balaban J connectivity index is 1.27. The summed E-state index contributed by atoms with van der Waals surface area (Å²) < 4.78 is 29.2. The van der Waals surface area contributed by atoms with Gasteiger partial charge >= 0.3 is 0 Å². The molecule has 1 unspecified atom stereocenters. The molecular formula is C24H28N4O3S. The largest absolute Gasteiger partial charge is 0.345 e. The van der Waals surface area contributed by atoms with Gasteiger partial charge in [0.05, 0.1) is 21.6 Å². The van der Waals surface area contributed by atoms with Crippen molar-refractivity contribution in [2.45, 2.75) is 31.2 Å². The van der Waals surface area contributed by atoms with Crippen LogP contribution in [0.5, 0.6) is 0 Å². The van der Waals surface area contributed by atoms with Gasteiger partial charge in [0.1, 0.15) is 0 Å². The van der Waals surface area contributed by atoms with Crippen molar-refractivity contribution in [2.24, 2.45) is 24.8 Å². The standard InChI is InChI=1S/C24H28N4O3S/c1-15-9-11-16(12-10-15)32(30,31)28-13-18-19(14-28)21(18)23(29)25-24(2,3)22-17-7-5-6-8-20(17)27(4)26-22/h5-12,18-19,21H,13-14H2,1-4H3,(H,25,29)/t18-,19+,21?. The van der Waals surface area contributed by atoms with Gasteiger partial charge in [-0.3, -0.25) is 9.48 Å². The third-order valence-corrected chi connectivity index (χ3v) is 8.75. The Hall–Kier alpha value is -2.71. The molecule has 8 heteroatoms. The first-order valence-corrected chi connectivity index (χ1v) is 12.3. The summed E-state index contributed by atoms with van der Waals surface area (Å²) in [6.45, 7) is 6.65. The van der Waals surface area contributed by atoms with Crippen LogP contribution >= 0.6 is 0 Å². The number of carbonyl (C=O) groups is 1. The maximum Gasteiger partial charge on any atom is 0.243 e. The van der Waals surface area contributed by atoms with Gasteiger partial charge in [-0.2, -0.15) is 9.40 Å². The zero-order chi connectivity index (χ0) is 22.8. The van der Waals surface area contributed by atoms with Crippen molar-refractivity contribution >= 4 is 26.8 Å². The molecule has 1 aliphatic heterocycles. The van der Waals surface area contributed by atoms with Gasteiger partial charge in [0, 0.05) is 31.4 Å². The molecule has 7 nitrogen and oxygen atoms in total. The predicted molar refractivity (Wildman–Crippen MR) is 122 cm³/mol. The number of aromatic nitrogens is 2. The van der Waals surface area contributed by atoms with E-state index in [-0.39, 0.29) is 23.7 Å². The highest BCUT2D eigenvalue weighted by Gasteiger charge is 2.61. The molecule has 1 aromatic heterocycles. The summed E-state index contributed by atoms with van der Waals surface area (Å²) in [5.41, 5.74) is 2.24. The molecule has 3 atom stereocenters. The SMILES string of the molecule is Cc1ccc(S(=O)(=O)N2C[C@@H]3C(C(=O)NC(C)(C)c4nn(C)c5ccccc45)[C@@H]3C2)cc1. The average Bonchev–Trinajstić information content (AvgIpc) is 3.06. The molecule has 32 heavy (non-hydrogen) atoms. The number of carbonyl (C=O) groups excluding carboxylic acids is 1. The van der Waals surface area contributed by atoms with Crippen molar-refractivity contribution in [1.82, 2.24) is 19.4 Å². The fraction of sp³-hybridized carbons (Fsp3) is 0.417. The molecule has 0 radical (unpaired) electrons. The Morgan fingerprint density at radius 2 is 1.69 bits per heavy atom. The van der Waals surface area contributed by atoms with Crippen LogP contribution in [0.1, 0.15) is 25.1 Å². The van der Waals surface area contributed by atoms with Crippen molar-refractivity contribution < 1.29 is 13.2 Å². The van der Waals surface area contributed by atoms with E-state index >= 15 is 0 Å². The summed E-state index contributed by atoms with van der Waals surface area (Å²) in [5.74, 6) is -0.0150. The van der Waals surface area contributed by atoms with E-state index in [1.807, 2.05) is 68.9 Å². The lowest BCUT2D eigenvalue weighted by Gasteiger charge is -2.26. The van der Waals surface area contributed by atoms with Gasteiger partial charge in [0.15, 0.2) is 0 Å². The van der Waals surface area contributed by atoms with Crippen molar-refractivity contribution in [3.05, 3.63) is 59.8 Å². The van der Waals surface area contributed by atoms with Crippen molar-refractivity contribution in [3.8, 4) is 0 Å². The van der Waals surface area contributed by atoms with Crippen LogP contribution < -0.4 is 5.32 Å². The molecule has 1 amide bonds. The Kier molecular flexibility index (Phi) is 4.73. The number of hydrogen-bond acceptors (Lipinski definition) is 4. The first-order chi connectivity index (χ1) is 15.1. The van der Waals surface area contributed by atoms with Crippen molar-refractivity contribution in [3.63, 3.8) is 0 Å². The normalized spacial score (nSPS) is 23.3. The lowest BCUT2D eigenvalue weighted by Crippen LogP contribution is -2.44. The molecule has 0 bridgehead atoms. The number of fused-ring (bicyclic) bond motifs is 2. The molecule has 1 N–H and O–H groups in total. The first kappa shape index (κ1) is 21.2. The Bertz CT molecular complexity index is 1300. The number of benzene rings is 2. The van der Waals surface area contributed by atoms with Crippen LogP contribution in [0.3, 0.4) is 0 Å². The molecule has 0 spiro atoms. The maximum absolute atomic E-state index is 13.1. The molecule has 2 fully saturated rings. The fourth-order valence-electron chi connectivity index (χ4n) is 5.06. The third kappa shape index (κ3) is 3.33. The zero-order valence-electron chi connectivity index (χ0n) is 18.7. The van der Waals surface area contributed by atoms with Crippen LogP contribution in [0.15, 0.2) is 53.4 Å². The molecule has 1 aliphatic carbocycles. The number of para-hydroxylation sites is 1. The van der Waals surface area contributed by atoms with E-state index in [1.54, 1.807) is 12.1 Å². The van der Waals surface area contributed by atoms with Crippen LogP contribution in [0.4, 0.5) is 0 Å². The Morgan fingerprint density at radius 3 is 2.34 bits per heavy atom. The highest BCUT2D eigenvalue weighted by atomic mass is 32.2. The minimum Gasteiger partial charge on any atom is -0.345 e. The topological polar surface area (TPSA) is 84.3 Å². The van der Waals surface area contributed by atoms with E-state index in [0.717, 1.165) is 22.2 Å². The molecule has 1 saturated heterocycles. The lowest BCUT2D eigenvalue weighted by molar-refractivity contribution is -0.124. The number of nitrogens with one attached hydrogen (secondary N) is 1. The quantitative estimate of drug-likeness (QED) is 0.645. The lowest BCUT2D eigenvalue weighted by atomic mass is 9.96. The molecular weight excluding hydrogens is 424 g/mol. The molecule has 168 valence electrons. The molecule has 1 saturated carbocycles. The van der Waals surface area contributed by atoms with Gasteiger partial charge in [-0.25, -0.2) is 8.42 Å². The number of sulfonamides is 1. The van der Waals surface area contributed by atoms with E-state index in [0.29, 0.717) is 18.0 Å². The zero-order valence-corrected chi connectivity index (χ0v) is 19.6. The van der Waals surface area contributed by atoms with Crippen LogP contribution in [0.25, 0.3) is 10.9 Å². The first-order valence-electron chi connectivity index (χ1n) is 10.9. The number of aryl methyl sites for hydroxylation is 2. The molecule has 2 aliphatic rings. The van der Waals surface area contributed by atoms with Gasteiger partial charge in [-0.05, 0) is 50.8 Å². The van der Waals surface area contributed by atoms with Gasteiger partial charge < -0.3 is 5.32 Å². The smallest absolute Gasteiger partial charge is 0.243 e. The second-order valence-corrected chi connectivity index (χ2v) is 11.5. The second kappa shape index (κ2) is 7.15. The summed E-state index contributed by atoms with van der Waals surface area (Å²) in [5, 5.41) is 8.86. The predicted octanol–water partition coefficient (Wildman–Crippen LogP) is 2.80. The Labute approximate surface area is 188 Å². The van der Waals surface area contributed by atoms with Crippen LogP contribution in [0, 0.1) is 24.7 Å². The summed E-state index contributed by atoms with van der Waals surface area (Å²) in [4.78, 5) is 13.4. The highest BCUT2D eigenvalue weighted by Crippen LogP contribution is 2.53. The van der Waals surface area contributed by atoms with Gasteiger partial charge in [-0.1, -0.05) is 35.9 Å². The Morgan fingerprint density at radius 1 is 1.06 bits per heavy atom. The van der Waals surface area contributed by atoms with E-state index in [4.69, 9.17) is 0 Å². The number of rotatable bonds is 5. The summed E-state index contributed by atoms with van der Waals surface area (Å²) in [6, 6.07) is 14.9. The van der Waals surface area contributed by atoms with E-state index in [9.17, 15) is 13.2 Å². The monoisotopic (exact) mass is 452 g/mol.